The summed E-state index contributed by atoms with van der Waals surface area (Å²) >= 11 is 0. The number of aliphatic hydroxyl groups excluding tert-OH is 1. The van der Waals surface area contributed by atoms with E-state index in [0.717, 1.165) is 6.26 Å². The number of aliphatic hydroxyl groups is 1. The van der Waals surface area contributed by atoms with Gasteiger partial charge in [0.25, 0.3) is 0 Å². The van der Waals surface area contributed by atoms with Crippen LogP contribution in [0.25, 0.3) is 0 Å². The topological polar surface area (TPSA) is 80.4 Å². The second-order valence-electron chi connectivity index (χ2n) is 3.43. The zero-order valence-corrected chi connectivity index (χ0v) is 9.37. The highest BCUT2D eigenvalue weighted by molar-refractivity contribution is 7.90. The van der Waals surface area contributed by atoms with Gasteiger partial charge in [0.15, 0.2) is 9.84 Å². The molecular weight excluding hydrogens is 214 g/mol. The molecule has 0 aliphatic heterocycles. The Kier molecular flexibility index (Phi) is 3.84. The molecule has 4 nitrogen and oxygen atoms in total. The van der Waals surface area contributed by atoms with E-state index in [1.807, 2.05) is 0 Å². The van der Waals surface area contributed by atoms with Gasteiger partial charge in [-0.05, 0) is 30.7 Å². The summed E-state index contributed by atoms with van der Waals surface area (Å²) < 4.78 is 22.3. The largest absolute Gasteiger partial charge is 0.388 e. The molecule has 0 unspecified atom stereocenters. The van der Waals surface area contributed by atoms with E-state index in [9.17, 15) is 13.5 Å². The van der Waals surface area contributed by atoms with Gasteiger partial charge in [-0.3, -0.25) is 0 Å². The molecule has 1 aromatic carbocycles. The van der Waals surface area contributed by atoms with Crippen molar-refractivity contribution < 1.29 is 13.5 Å². The van der Waals surface area contributed by atoms with E-state index >= 15 is 0 Å². The van der Waals surface area contributed by atoms with E-state index in [4.69, 9.17) is 5.73 Å². The van der Waals surface area contributed by atoms with E-state index < -0.39 is 15.9 Å². The highest BCUT2D eigenvalue weighted by Crippen LogP contribution is 2.18. The molecule has 0 fully saturated rings. The summed E-state index contributed by atoms with van der Waals surface area (Å²) in [5.74, 6) is 0. The minimum absolute atomic E-state index is 0.256. The number of hydrogen-bond acceptors (Lipinski definition) is 4. The van der Waals surface area contributed by atoms with Crippen molar-refractivity contribution in [3.63, 3.8) is 0 Å². The molecule has 0 saturated heterocycles. The normalized spacial score (nSPS) is 13.8. The van der Waals surface area contributed by atoms with Gasteiger partial charge in [0, 0.05) is 6.26 Å². The summed E-state index contributed by atoms with van der Waals surface area (Å²) in [6.07, 6.45) is 1.000. The van der Waals surface area contributed by atoms with E-state index in [-0.39, 0.29) is 4.90 Å². The fourth-order valence-corrected chi connectivity index (χ4v) is 1.89. The van der Waals surface area contributed by atoms with Gasteiger partial charge in [-0.25, -0.2) is 8.42 Å². The van der Waals surface area contributed by atoms with Gasteiger partial charge in [0.1, 0.15) is 0 Å². The van der Waals surface area contributed by atoms with Crippen LogP contribution in [0.1, 0.15) is 18.1 Å². The van der Waals surface area contributed by atoms with E-state index in [1.165, 1.54) is 12.1 Å². The van der Waals surface area contributed by atoms with Gasteiger partial charge in [0.2, 0.25) is 0 Å². The van der Waals surface area contributed by atoms with Crippen LogP contribution in [0.3, 0.4) is 0 Å². The van der Waals surface area contributed by atoms with Crippen molar-refractivity contribution in [1.82, 2.24) is 0 Å². The second kappa shape index (κ2) is 4.74. The molecule has 1 atom stereocenters. The molecule has 1 rings (SSSR count). The number of nitrogens with two attached hydrogens (primary N) is 1. The number of sulfone groups is 1. The molecule has 0 saturated carbocycles. The van der Waals surface area contributed by atoms with Crippen LogP contribution in [-0.2, 0) is 9.84 Å². The third kappa shape index (κ3) is 3.30. The molecular formula is C10H15NO3S. The Balaban J connectivity index is 2.90. The molecule has 0 heterocycles. The van der Waals surface area contributed by atoms with E-state index in [2.05, 4.69) is 0 Å². The average molecular weight is 229 g/mol. The Hall–Kier alpha value is -0.910. The van der Waals surface area contributed by atoms with Crippen LogP contribution in [0.15, 0.2) is 29.2 Å². The molecule has 0 amide bonds. The maximum Gasteiger partial charge on any atom is 0.175 e. The van der Waals surface area contributed by atoms with Crippen molar-refractivity contribution in [3.05, 3.63) is 29.8 Å². The van der Waals surface area contributed by atoms with E-state index in [0.29, 0.717) is 18.5 Å². The van der Waals surface area contributed by atoms with Crippen molar-refractivity contribution in [3.8, 4) is 0 Å². The predicted octanol–water partition coefficient (Wildman–Crippen LogP) is 0.472. The summed E-state index contributed by atoms with van der Waals surface area (Å²) in [6, 6.07) is 6.20. The number of rotatable bonds is 4. The Labute approximate surface area is 89.7 Å². The lowest BCUT2D eigenvalue weighted by Gasteiger charge is -2.09. The van der Waals surface area contributed by atoms with E-state index in [1.54, 1.807) is 12.1 Å². The second-order valence-corrected chi connectivity index (χ2v) is 5.45. The Morgan fingerprint density at radius 2 is 1.87 bits per heavy atom. The van der Waals surface area contributed by atoms with Gasteiger partial charge in [-0.1, -0.05) is 12.1 Å². The van der Waals surface area contributed by atoms with Gasteiger partial charge < -0.3 is 10.8 Å². The zero-order valence-electron chi connectivity index (χ0n) is 8.55. The van der Waals surface area contributed by atoms with Gasteiger partial charge in [-0.15, -0.1) is 0 Å². The smallest absolute Gasteiger partial charge is 0.175 e. The molecule has 15 heavy (non-hydrogen) atoms. The van der Waals surface area contributed by atoms with Gasteiger partial charge in [-0.2, -0.15) is 0 Å². The van der Waals surface area contributed by atoms with Gasteiger partial charge in [0.05, 0.1) is 11.0 Å². The van der Waals surface area contributed by atoms with Crippen molar-refractivity contribution in [1.29, 1.82) is 0 Å². The molecule has 5 heteroatoms. The van der Waals surface area contributed by atoms with Gasteiger partial charge >= 0.3 is 0 Å². The standard InChI is InChI=1S/C10H15NO3S/c1-15(13,14)9-4-2-8(3-5-9)10(12)6-7-11/h2-5,10,12H,6-7,11H2,1H3/t10-/m1/s1. The lowest BCUT2D eigenvalue weighted by atomic mass is 10.1. The minimum atomic E-state index is -3.16. The Morgan fingerprint density at radius 1 is 1.33 bits per heavy atom. The van der Waals surface area contributed by atoms with Crippen molar-refractivity contribution in [2.45, 2.75) is 17.4 Å². The fraction of sp³-hybridized carbons (Fsp3) is 0.400. The molecule has 0 aliphatic rings. The first-order valence-electron chi connectivity index (χ1n) is 4.63. The SMILES string of the molecule is CS(=O)(=O)c1ccc([C@H](O)CCN)cc1. The first-order chi connectivity index (χ1) is 6.95. The highest BCUT2D eigenvalue weighted by atomic mass is 32.2. The molecule has 3 N–H and O–H groups in total. The molecule has 0 aliphatic carbocycles. The third-order valence-corrected chi connectivity index (χ3v) is 3.26. The zero-order chi connectivity index (χ0) is 11.5. The summed E-state index contributed by atoms with van der Waals surface area (Å²) in [5.41, 5.74) is 6.00. The third-order valence-electron chi connectivity index (χ3n) is 2.13. The minimum Gasteiger partial charge on any atom is -0.388 e. The summed E-state index contributed by atoms with van der Waals surface area (Å²) in [4.78, 5) is 0.256. The maximum absolute atomic E-state index is 11.2. The molecule has 0 radical (unpaired) electrons. The Bertz CT molecular complexity index is 411. The van der Waals surface area contributed by atoms with Crippen LogP contribution in [0.5, 0.6) is 0 Å². The summed E-state index contributed by atoms with van der Waals surface area (Å²) in [6.45, 7) is 0.398. The molecule has 84 valence electrons. The van der Waals surface area contributed by atoms with Crippen LogP contribution in [-0.4, -0.2) is 26.3 Å². The average Bonchev–Trinajstić information content (AvgIpc) is 2.17. The van der Waals surface area contributed by atoms with Crippen LogP contribution in [0, 0.1) is 0 Å². The van der Waals surface area contributed by atoms with Crippen molar-refractivity contribution in [2.75, 3.05) is 12.8 Å². The predicted molar refractivity (Wildman–Crippen MR) is 58.2 cm³/mol. The molecule has 0 spiro atoms. The van der Waals surface area contributed by atoms with Crippen molar-refractivity contribution in [2.24, 2.45) is 5.73 Å². The first-order valence-corrected chi connectivity index (χ1v) is 6.52. The van der Waals surface area contributed by atoms with Crippen molar-refractivity contribution >= 4 is 9.84 Å². The summed E-state index contributed by atoms with van der Waals surface area (Å²) in [5, 5.41) is 9.58. The molecule has 0 bridgehead atoms. The lowest BCUT2D eigenvalue weighted by molar-refractivity contribution is 0.170. The Morgan fingerprint density at radius 3 is 2.27 bits per heavy atom. The quantitative estimate of drug-likeness (QED) is 0.786. The van der Waals surface area contributed by atoms with Crippen LogP contribution < -0.4 is 5.73 Å². The monoisotopic (exact) mass is 229 g/mol. The highest BCUT2D eigenvalue weighted by Gasteiger charge is 2.09. The van der Waals surface area contributed by atoms with Crippen LogP contribution >= 0.6 is 0 Å². The molecule has 1 aromatic rings. The maximum atomic E-state index is 11.2. The lowest BCUT2D eigenvalue weighted by Crippen LogP contribution is -2.07. The molecule has 0 aromatic heterocycles. The van der Waals surface area contributed by atoms with Crippen LogP contribution in [0.2, 0.25) is 0 Å². The first kappa shape index (κ1) is 12.2. The van der Waals surface area contributed by atoms with Crippen LogP contribution in [0.4, 0.5) is 0 Å². The fourth-order valence-electron chi connectivity index (χ4n) is 1.26. The summed E-state index contributed by atoms with van der Waals surface area (Å²) in [7, 11) is -3.16. The number of hydrogen-bond donors (Lipinski definition) is 2. The number of benzene rings is 1.